The molecular weight excluding hydrogens is 322 g/mol. The second kappa shape index (κ2) is 7.77. The fourth-order valence-corrected chi connectivity index (χ4v) is 3.09. The van der Waals surface area contributed by atoms with Gasteiger partial charge in [0.2, 0.25) is 0 Å². The normalized spacial score (nSPS) is 10.4. The monoisotopic (exact) mass is 343 g/mol. The smallest absolute Gasteiger partial charge is 0.147 e. The van der Waals surface area contributed by atoms with E-state index in [-0.39, 0.29) is 0 Å². The van der Waals surface area contributed by atoms with Crippen molar-refractivity contribution in [2.75, 3.05) is 5.43 Å². The van der Waals surface area contributed by atoms with Crippen LogP contribution in [0.1, 0.15) is 35.1 Å². The van der Waals surface area contributed by atoms with Crippen LogP contribution in [0.5, 0.6) is 0 Å². The molecule has 0 amide bonds. The van der Waals surface area contributed by atoms with Crippen LogP contribution >= 0.6 is 0 Å². The van der Waals surface area contributed by atoms with Crippen molar-refractivity contribution in [2.45, 2.75) is 26.7 Å². The fraction of sp³-hybridized carbons (Fsp3) is 0.190. The van der Waals surface area contributed by atoms with Crippen molar-refractivity contribution in [2.24, 2.45) is 5.84 Å². The first-order chi connectivity index (χ1) is 12.7. The van der Waals surface area contributed by atoms with Gasteiger partial charge in [-0.3, -0.25) is 0 Å². The van der Waals surface area contributed by atoms with Gasteiger partial charge in [-0.25, -0.2) is 15.8 Å². The Morgan fingerprint density at radius 1 is 1.08 bits per heavy atom. The summed E-state index contributed by atoms with van der Waals surface area (Å²) in [6.07, 6.45) is 1.52. The van der Waals surface area contributed by atoms with Crippen LogP contribution < -0.4 is 11.3 Å². The van der Waals surface area contributed by atoms with Crippen molar-refractivity contribution >= 4 is 5.82 Å². The molecule has 3 aromatic rings. The summed E-state index contributed by atoms with van der Waals surface area (Å²) in [6, 6.07) is 18.1. The van der Waals surface area contributed by atoms with Gasteiger partial charge in [0.25, 0.3) is 0 Å². The summed E-state index contributed by atoms with van der Waals surface area (Å²) in [5.41, 5.74) is 8.51. The Balaban J connectivity index is 1.93. The summed E-state index contributed by atoms with van der Waals surface area (Å²) in [5, 5.41) is 9.28. The van der Waals surface area contributed by atoms with E-state index in [1.807, 2.05) is 43.3 Å². The number of hydrogen-bond acceptors (Lipinski definition) is 5. The van der Waals surface area contributed by atoms with Gasteiger partial charge in [0.15, 0.2) is 0 Å². The van der Waals surface area contributed by atoms with Gasteiger partial charge in [0, 0.05) is 17.7 Å². The molecule has 0 bridgehead atoms. The SMILES string of the molecule is CCc1nc(C)nc(NN)c1Cc1ccc(-c2ccccc2C#N)cc1. The van der Waals surface area contributed by atoms with Crippen molar-refractivity contribution in [3.63, 3.8) is 0 Å². The predicted octanol–water partition coefficient (Wildman–Crippen LogP) is 3.76. The molecule has 1 heterocycles. The number of nitrogens with two attached hydrogens (primary N) is 1. The molecule has 0 spiro atoms. The number of nitriles is 1. The molecule has 26 heavy (non-hydrogen) atoms. The number of aromatic nitrogens is 2. The van der Waals surface area contributed by atoms with Crippen molar-refractivity contribution in [3.05, 3.63) is 76.7 Å². The lowest BCUT2D eigenvalue weighted by atomic mass is 9.97. The highest BCUT2D eigenvalue weighted by atomic mass is 15.3. The molecular formula is C21H21N5. The average Bonchev–Trinajstić information content (AvgIpc) is 2.69. The first-order valence-corrected chi connectivity index (χ1v) is 8.57. The quantitative estimate of drug-likeness (QED) is 0.544. The Labute approximate surface area is 153 Å². The van der Waals surface area contributed by atoms with Crippen LogP contribution in [0, 0.1) is 18.3 Å². The highest BCUT2D eigenvalue weighted by Gasteiger charge is 2.12. The van der Waals surface area contributed by atoms with E-state index in [4.69, 9.17) is 5.84 Å². The van der Waals surface area contributed by atoms with E-state index in [0.717, 1.165) is 34.4 Å². The van der Waals surface area contributed by atoms with Crippen molar-refractivity contribution in [1.29, 1.82) is 5.26 Å². The van der Waals surface area contributed by atoms with Crippen LogP contribution in [0.2, 0.25) is 0 Å². The second-order valence-electron chi connectivity index (χ2n) is 6.07. The zero-order valence-electron chi connectivity index (χ0n) is 15.0. The minimum Gasteiger partial charge on any atom is -0.308 e. The van der Waals surface area contributed by atoms with Gasteiger partial charge in [-0.15, -0.1) is 0 Å². The van der Waals surface area contributed by atoms with Crippen LogP contribution in [0.25, 0.3) is 11.1 Å². The molecule has 0 radical (unpaired) electrons. The number of nitrogens with one attached hydrogen (secondary N) is 1. The Morgan fingerprint density at radius 2 is 1.81 bits per heavy atom. The summed E-state index contributed by atoms with van der Waals surface area (Å²) in [5.74, 6) is 7.04. The molecule has 0 fully saturated rings. The van der Waals surface area contributed by atoms with Crippen LogP contribution in [-0.4, -0.2) is 9.97 Å². The third-order valence-corrected chi connectivity index (χ3v) is 4.37. The van der Waals surface area contributed by atoms with E-state index >= 15 is 0 Å². The first kappa shape index (κ1) is 17.6. The molecule has 2 aromatic carbocycles. The molecule has 0 unspecified atom stereocenters. The number of rotatable bonds is 5. The molecule has 0 aliphatic heterocycles. The Morgan fingerprint density at radius 3 is 2.46 bits per heavy atom. The number of benzene rings is 2. The largest absolute Gasteiger partial charge is 0.308 e. The number of hydrogen-bond donors (Lipinski definition) is 2. The Kier molecular flexibility index (Phi) is 5.26. The topological polar surface area (TPSA) is 87.6 Å². The molecule has 130 valence electrons. The summed E-state index contributed by atoms with van der Waals surface area (Å²) < 4.78 is 0. The van der Waals surface area contributed by atoms with Crippen molar-refractivity contribution < 1.29 is 0 Å². The number of nitrogen functional groups attached to an aromatic ring is 1. The zero-order valence-corrected chi connectivity index (χ0v) is 15.0. The minimum atomic E-state index is 0.674. The zero-order chi connectivity index (χ0) is 18.5. The molecule has 0 saturated heterocycles. The fourth-order valence-electron chi connectivity index (χ4n) is 3.09. The molecule has 3 N–H and O–H groups in total. The van der Waals surface area contributed by atoms with E-state index in [2.05, 4.69) is 40.5 Å². The van der Waals surface area contributed by atoms with Gasteiger partial charge in [0.1, 0.15) is 11.6 Å². The van der Waals surface area contributed by atoms with Crippen LogP contribution in [0.15, 0.2) is 48.5 Å². The lowest BCUT2D eigenvalue weighted by molar-refractivity contribution is 0.905. The number of anilines is 1. The summed E-state index contributed by atoms with van der Waals surface area (Å²) in [7, 11) is 0. The lowest BCUT2D eigenvalue weighted by Crippen LogP contribution is -2.15. The van der Waals surface area contributed by atoms with E-state index in [9.17, 15) is 5.26 Å². The number of nitrogens with zero attached hydrogens (tertiary/aromatic N) is 3. The van der Waals surface area contributed by atoms with E-state index in [1.54, 1.807) is 0 Å². The van der Waals surface area contributed by atoms with Gasteiger partial charge in [-0.1, -0.05) is 49.4 Å². The van der Waals surface area contributed by atoms with E-state index in [0.29, 0.717) is 23.6 Å². The van der Waals surface area contributed by atoms with Gasteiger partial charge < -0.3 is 5.43 Å². The Hall–Kier alpha value is -3.23. The van der Waals surface area contributed by atoms with Gasteiger partial charge in [-0.2, -0.15) is 5.26 Å². The predicted molar refractivity (Wildman–Crippen MR) is 103 cm³/mol. The number of hydrazine groups is 1. The van der Waals surface area contributed by atoms with Gasteiger partial charge in [-0.05, 0) is 36.1 Å². The molecule has 0 saturated carbocycles. The molecule has 1 aromatic heterocycles. The van der Waals surface area contributed by atoms with Crippen molar-refractivity contribution in [3.8, 4) is 17.2 Å². The molecule has 0 aliphatic rings. The van der Waals surface area contributed by atoms with Crippen molar-refractivity contribution in [1.82, 2.24) is 9.97 Å². The molecule has 3 rings (SSSR count). The standard InChI is InChI=1S/C21H21N5/c1-3-20-19(21(26-23)25-14(2)24-20)12-15-8-10-16(11-9-15)18-7-5-4-6-17(18)13-22/h4-11H,3,12,23H2,1-2H3,(H,24,25,26). The summed E-state index contributed by atoms with van der Waals surface area (Å²) >= 11 is 0. The molecule has 0 atom stereocenters. The maximum atomic E-state index is 9.28. The average molecular weight is 343 g/mol. The third-order valence-electron chi connectivity index (χ3n) is 4.37. The maximum Gasteiger partial charge on any atom is 0.147 e. The third kappa shape index (κ3) is 3.56. The van der Waals surface area contributed by atoms with E-state index in [1.165, 1.54) is 0 Å². The summed E-state index contributed by atoms with van der Waals surface area (Å²) in [4.78, 5) is 8.94. The molecule has 5 nitrogen and oxygen atoms in total. The highest BCUT2D eigenvalue weighted by Crippen LogP contribution is 2.26. The Bertz CT molecular complexity index is 930. The van der Waals surface area contributed by atoms with E-state index < -0.39 is 0 Å². The van der Waals surface area contributed by atoms with Crippen LogP contribution in [-0.2, 0) is 12.8 Å². The summed E-state index contributed by atoms with van der Waals surface area (Å²) in [6.45, 7) is 3.94. The molecule has 5 heteroatoms. The number of aryl methyl sites for hydroxylation is 2. The lowest BCUT2D eigenvalue weighted by Gasteiger charge is -2.13. The van der Waals surface area contributed by atoms with Gasteiger partial charge >= 0.3 is 0 Å². The molecule has 0 aliphatic carbocycles. The second-order valence-corrected chi connectivity index (χ2v) is 6.07. The minimum absolute atomic E-state index is 0.674. The van der Waals surface area contributed by atoms with Gasteiger partial charge in [0.05, 0.1) is 11.6 Å². The van der Waals surface area contributed by atoms with Crippen LogP contribution in [0.3, 0.4) is 0 Å². The maximum absolute atomic E-state index is 9.28. The highest BCUT2D eigenvalue weighted by molar-refractivity contribution is 5.70. The first-order valence-electron chi connectivity index (χ1n) is 8.57. The van der Waals surface area contributed by atoms with Crippen LogP contribution in [0.4, 0.5) is 5.82 Å².